The number of ether oxygens (including phenoxy) is 1. The van der Waals surface area contributed by atoms with Crippen molar-refractivity contribution in [2.75, 3.05) is 6.61 Å². The van der Waals surface area contributed by atoms with Crippen molar-refractivity contribution in [3.63, 3.8) is 0 Å². The molecule has 0 bridgehead atoms. The molecular weight excluding hydrogens is 160 g/mol. The van der Waals surface area contributed by atoms with E-state index in [0.717, 1.165) is 13.0 Å². The van der Waals surface area contributed by atoms with Crippen molar-refractivity contribution in [3.05, 3.63) is 35.4 Å². The van der Waals surface area contributed by atoms with Crippen molar-refractivity contribution in [2.24, 2.45) is 0 Å². The van der Waals surface area contributed by atoms with Gasteiger partial charge in [-0.15, -0.1) is 0 Å². The molecule has 0 heterocycles. The maximum Gasteiger partial charge on any atom is 0.0681 e. The lowest BCUT2D eigenvalue weighted by Gasteiger charge is -2.15. The van der Waals surface area contributed by atoms with E-state index in [0.29, 0.717) is 12.0 Å². The van der Waals surface area contributed by atoms with Crippen molar-refractivity contribution < 1.29 is 4.74 Å². The van der Waals surface area contributed by atoms with Gasteiger partial charge in [0.15, 0.2) is 0 Å². The highest BCUT2D eigenvalue weighted by Gasteiger charge is 2.28. The van der Waals surface area contributed by atoms with Crippen LogP contribution in [0.1, 0.15) is 30.9 Å². The highest BCUT2D eigenvalue weighted by atomic mass is 16.5. The number of fused-ring (bicyclic) bond motifs is 1. The third kappa shape index (κ3) is 1.49. The second-order valence-electron chi connectivity index (χ2n) is 3.69. The molecule has 0 fully saturated rings. The molecule has 1 aromatic carbocycles. The summed E-state index contributed by atoms with van der Waals surface area (Å²) >= 11 is 0. The highest BCUT2D eigenvalue weighted by molar-refractivity contribution is 5.36. The molecule has 1 aliphatic rings. The van der Waals surface area contributed by atoms with Gasteiger partial charge >= 0.3 is 0 Å². The summed E-state index contributed by atoms with van der Waals surface area (Å²) in [7, 11) is 0. The van der Waals surface area contributed by atoms with Gasteiger partial charge in [-0.05, 0) is 24.5 Å². The third-order valence-electron chi connectivity index (χ3n) is 2.91. The van der Waals surface area contributed by atoms with E-state index in [-0.39, 0.29) is 0 Å². The van der Waals surface area contributed by atoms with Crippen LogP contribution in [0.15, 0.2) is 24.3 Å². The summed E-state index contributed by atoms with van der Waals surface area (Å²) in [5, 5.41) is 0. The molecule has 70 valence electrons. The van der Waals surface area contributed by atoms with Gasteiger partial charge in [0.25, 0.3) is 0 Å². The maximum absolute atomic E-state index is 5.70. The van der Waals surface area contributed by atoms with Gasteiger partial charge in [-0.2, -0.15) is 0 Å². The molecule has 0 unspecified atom stereocenters. The monoisotopic (exact) mass is 176 g/mol. The van der Waals surface area contributed by atoms with E-state index in [1.54, 1.807) is 0 Å². The van der Waals surface area contributed by atoms with Crippen LogP contribution in [0, 0.1) is 0 Å². The largest absolute Gasteiger partial charge is 0.378 e. The summed E-state index contributed by atoms with van der Waals surface area (Å²) in [6, 6.07) is 8.66. The van der Waals surface area contributed by atoms with Crippen LogP contribution in [0.25, 0.3) is 0 Å². The van der Waals surface area contributed by atoms with E-state index in [4.69, 9.17) is 4.74 Å². The van der Waals surface area contributed by atoms with Gasteiger partial charge in [-0.25, -0.2) is 0 Å². The van der Waals surface area contributed by atoms with E-state index >= 15 is 0 Å². The number of hydrogen-bond donors (Lipinski definition) is 0. The number of rotatable bonds is 2. The predicted molar refractivity (Wildman–Crippen MR) is 54.0 cm³/mol. The Balaban J connectivity index is 2.22. The van der Waals surface area contributed by atoms with Gasteiger partial charge < -0.3 is 4.74 Å². The Hall–Kier alpha value is -0.820. The Morgan fingerprint density at radius 3 is 2.85 bits per heavy atom. The lowest BCUT2D eigenvalue weighted by molar-refractivity contribution is 0.0555. The number of hydrogen-bond acceptors (Lipinski definition) is 1. The molecule has 0 saturated heterocycles. The molecule has 0 spiro atoms. The van der Waals surface area contributed by atoms with Crippen molar-refractivity contribution >= 4 is 0 Å². The minimum absolute atomic E-state index is 0.405. The molecule has 1 nitrogen and oxygen atoms in total. The average molecular weight is 176 g/mol. The summed E-state index contributed by atoms with van der Waals surface area (Å²) in [6.07, 6.45) is 1.49. The number of benzene rings is 1. The standard InChI is InChI=1S/C12H16O/c1-3-13-12-8-10-6-4-5-7-11(10)9(12)2/h4-7,9,12H,3,8H2,1-2H3/t9-,12-/m0/s1. The first-order valence-electron chi connectivity index (χ1n) is 5.02. The van der Waals surface area contributed by atoms with Gasteiger partial charge in [0.05, 0.1) is 6.10 Å². The normalized spacial score (nSPS) is 26.0. The molecule has 0 aromatic heterocycles. The van der Waals surface area contributed by atoms with Gasteiger partial charge in [-0.1, -0.05) is 31.2 Å². The Labute approximate surface area is 79.7 Å². The molecule has 1 aliphatic carbocycles. The minimum atomic E-state index is 0.405. The summed E-state index contributed by atoms with van der Waals surface area (Å²) in [5.41, 5.74) is 2.94. The lowest BCUT2D eigenvalue weighted by Crippen LogP contribution is -2.16. The van der Waals surface area contributed by atoms with Crippen molar-refractivity contribution in [1.82, 2.24) is 0 Å². The highest BCUT2D eigenvalue weighted by Crippen LogP contribution is 2.34. The van der Waals surface area contributed by atoms with Gasteiger partial charge in [-0.3, -0.25) is 0 Å². The first kappa shape index (κ1) is 8.76. The van der Waals surface area contributed by atoms with Crippen molar-refractivity contribution in [1.29, 1.82) is 0 Å². The van der Waals surface area contributed by atoms with Crippen LogP contribution in [0.2, 0.25) is 0 Å². The summed E-state index contributed by atoms with van der Waals surface area (Å²) in [4.78, 5) is 0. The Bertz CT molecular complexity index is 293. The van der Waals surface area contributed by atoms with Crippen LogP contribution in [0.5, 0.6) is 0 Å². The molecule has 0 saturated carbocycles. The van der Waals surface area contributed by atoms with Crippen LogP contribution in [-0.2, 0) is 11.2 Å². The van der Waals surface area contributed by atoms with Crippen LogP contribution in [0.4, 0.5) is 0 Å². The molecule has 0 radical (unpaired) electrons. The summed E-state index contributed by atoms with van der Waals surface area (Å²) < 4.78 is 5.70. The van der Waals surface area contributed by atoms with E-state index in [1.807, 2.05) is 0 Å². The predicted octanol–water partition coefficient (Wildman–Crippen LogP) is 2.75. The molecule has 1 heteroatoms. The van der Waals surface area contributed by atoms with Crippen LogP contribution in [-0.4, -0.2) is 12.7 Å². The lowest BCUT2D eigenvalue weighted by atomic mass is 10.0. The fourth-order valence-electron chi connectivity index (χ4n) is 2.18. The summed E-state index contributed by atoms with van der Waals surface area (Å²) in [6.45, 7) is 5.14. The smallest absolute Gasteiger partial charge is 0.0681 e. The molecule has 1 aromatic rings. The molecule has 2 rings (SSSR count). The third-order valence-corrected chi connectivity index (χ3v) is 2.91. The van der Waals surface area contributed by atoms with Crippen LogP contribution in [0.3, 0.4) is 0 Å². The van der Waals surface area contributed by atoms with Gasteiger partial charge in [0.2, 0.25) is 0 Å². The van der Waals surface area contributed by atoms with Gasteiger partial charge in [0.1, 0.15) is 0 Å². The van der Waals surface area contributed by atoms with Crippen LogP contribution >= 0.6 is 0 Å². The van der Waals surface area contributed by atoms with Crippen LogP contribution < -0.4 is 0 Å². The van der Waals surface area contributed by atoms with E-state index < -0.39 is 0 Å². The first-order valence-corrected chi connectivity index (χ1v) is 5.02. The van der Waals surface area contributed by atoms with E-state index in [2.05, 4.69) is 38.1 Å². The molecular formula is C12H16O. The molecule has 0 N–H and O–H groups in total. The average Bonchev–Trinajstić information content (AvgIpc) is 2.46. The molecule has 0 amide bonds. The quantitative estimate of drug-likeness (QED) is 0.673. The zero-order chi connectivity index (χ0) is 9.26. The van der Waals surface area contributed by atoms with Crippen molar-refractivity contribution in [3.8, 4) is 0 Å². The van der Waals surface area contributed by atoms with E-state index in [9.17, 15) is 0 Å². The fourth-order valence-corrected chi connectivity index (χ4v) is 2.18. The molecule has 0 aliphatic heterocycles. The Morgan fingerprint density at radius 2 is 2.15 bits per heavy atom. The maximum atomic E-state index is 5.70. The van der Waals surface area contributed by atoms with Crippen molar-refractivity contribution in [2.45, 2.75) is 32.3 Å². The second-order valence-corrected chi connectivity index (χ2v) is 3.69. The molecule has 13 heavy (non-hydrogen) atoms. The summed E-state index contributed by atoms with van der Waals surface area (Å²) in [5.74, 6) is 0.566. The zero-order valence-corrected chi connectivity index (χ0v) is 8.29. The zero-order valence-electron chi connectivity index (χ0n) is 8.29. The second kappa shape index (κ2) is 3.51. The molecule has 2 atom stereocenters. The first-order chi connectivity index (χ1) is 6.33. The van der Waals surface area contributed by atoms with Gasteiger partial charge in [0, 0.05) is 12.5 Å². The van der Waals surface area contributed by atoms with E-state index in [1.165, 1.54) is 11.1 Å². The fraction of sp³-hybridized carbons (Fsp3) is 0.500. The SMILES string of the molecule is CCO[C@H]1Cc2ccccc2[C@@H]1C. The Kier molecular flexibility index (Phi) is 2.36. The Morgan fingerprint density at radius 1 is 1.38 bits per heavy atom. The topological polar surface area (TPSA) is 9.23 Å². The minimum Gasteiger partial charge on any atom is -0.378 e.